The Balaban J connectivity index is 2.24. The van der Waals surface area contributed by atoms with Crippen LogP contribution in [0.2, 0.25) is 0 Å². The average molecular weight is 388 g/mol. The molecule has 142 valence electrons. The van der Waals surface area contributed by atoms with E-state index in [9.17, 15) is 9.59 Å². The van der Waals surface area contributed by atoms with Crippen molar-refractivity contribution in [3.05, 3.63) is 53.6 Å². The minimum Gasteiger partial charge on any atom is -0.492 e. The van der Waals surface area contributed by atoms with Crippen LogP contribution in [0, 0.1) is 0 Å². The van der Waals surface area contributed by atoms with E-state index in [2.05, 4.69) is 10.6 Å². The highest BCUT2D eigenvalue weighted by atomic mass is 32.1. The highest BCUT2D eigenvalue weighted by Gasteiger charge is 2.14. The summed E-state index contributed by atoms with van der Waals surface area (Å²) in [5.41, 5.74) is 1.51. The lowest BCUT2D eigenvalue weighted by Gasteiger charge is -2.15. The number of esters is 2. The van der Waals surface area contributed by atoms with Crippen LogP contribution in [0.4, 0.5) is 11.4 Å². The van der Waals surface area contributed by atoms with Crippen molar-refractivity contribution in [2.45, 2.75) is 6.92 Å². The van der Waals surface area contributed by atoms with Crippen LogP contribution in [0.25, 0.3) is 0 Å². The van der Waals surface area contributed by atoms with Gasteiger partial charge in [0.05, 0.1) is 37.6 Å². The SMILES string of the molecule is CCOc1ccccc1NC(=S)Nc1cc(C(=O)OC)cc(C(=O)OC)c1. The third-order valence-corrected chi connectivity index (χ3v) is 3.67. The average Bonchev–Trinajstić information content (AvgIpc) is 2.68. The van der Waals surface area contributed by atoms with Gasteiger partial charge in [0.2, 0.25) is 0 Å². The Morgan fingerprint density at radius 3 is 2.11 bits per heavy atom. The first-order chi connectivity index (χ1) is 13.0. The number of methoxy groups -OCH3 is 2. The first-order valence-electron chi connectivity index (χ1n) is 8.10. The van der Waals surface area contributed by atoms with Gasteiger partial charge in [-0.05, 0) is 49.5 Å². The summed E-state index contributed by atoms with van der Waals surface area (Å²) in [5, 5.41) is 6.24. The fourth-order valence-corrected chi connectivity index (χ4v) is 2.53. The van der Waals surface area contributed by atoms with Crippen molar-refractivity contribution in [3.8, 4) is 5.75 Å². The van der Waals surface area contributed by atoms with E-state index in [1.165, 1.54) is 32.4 Å². The molecule has 2 aromatic carbocycles. The zero-order valence-electron chi connectivity index (χ0n) is 15.2. The van der Waals surface area contributed by atoms with Gasteiger partial charge in [-0.15, -0.1) is 0 Å². The number of carbonyl (C=O) groups excluding carboxylic acids is 2. The number of hydrogen-bond acceptors (Lipinski definition) is 6. The number of hydrogen-bond donors (Lipinski definition) is 2. The van der Waals surface area contributed by atoms with Gasteiger partial charge in [-0.1, -0.05) is 12.1 Å². The number of thiocarbonyl (C=S) groups is 1. The molecule has 0 aliphatic heterocycles. The quantitative estimate of drug-likeness (QED) is 0.575. The van der Waals surface area contributed by atoms with Gasteiger partial charge in [0, 0.05) is 5.69 Å². The molecule has 27 heavy (non-hydrogen) atoms. The number of rotatable bonds is 6. The largest absolute Gasteiger partial charge is 0.492 e. The van der Waals surface area contributed by atoms with E-state index >= 15 is 0 Å². The summed E-state index contributed by atoms with van der Waals surface area (Å²) in [7, 11) is 2.52. The molecule has 0 radical (unpaired) electrons. The van der Waals surface area contributed by atoms with Gasteiger partial charge in [-0.2, -0.15) is 0 Å². The molecule has 0 fully saturated rings. The fraction of sp³-hybridized carbons (Fsp3) is 0.211. The van der Waals surface area contributed by atoms with Crippen LogP contribution < -0.4 is 15.4 Å². The van der Waals surface area contributed by atoms with Crippen LogP contribution in [0.1, 0.15) is 27.6 Å². The van der Waals surface area contributed by atoms with Gasteiger partial charge in [-0.25, -0.2) is 9.59 Å². The van der Waals surface area contributed by atoms with E-state index in [0.29, 0.717) is 23.7 Å². The molecule has 0 aromatic heterocycles. The zero-order valence-corrected chi connectivity index (χ0v) is 16.0. The molecule has 0 aliphatic carbocycles. The van der Waals surface area contributed by atoms with E-state index in [1.807, 2.05) is 31.2 Å². The molecule has 0 unspecified atom stereocenters. The number of ether oxygens (including phenoxy) is 3. The lowest BCUT2D eigenvalue weighted by Crippen LogP contribution is -2.20. The molecule has 0 atom stereocenters. The maximum atomic E-state index is 11.9. The smallest absolute Gasteiger partial charge is 0.337 e. The summed E-state index contributed by atoms with van der Waals surface area (Å²) < 4.78 is 15.0. The summed E-state index contributed by atoms with van der Waals surface area (Å²) in [6, 6.07) is 11.8. The second-order valence-electron chi connectivity index (χ2n) is 5.29. The van der Waals surface area contributed by atoms with Crippen molar-refractivity contribution in [3.63, 3.8) is 0 Å². The van der Waals surface area contributed by atoms with E-state index in [0.717, 1.165) is 0 Å². The Labute approximate surface area is 162 Å². The van der Waals surface area contributed by atoms with Crippen molar-refractivity contribution >= 4 is 40.6 Å². The first-order valence-corrected chi connectivity index (χ1v) is 8.50. The number of carbonyl (C=O) groups is 2. The highest BCUT2D eigenvalue weighted by Crippen LogP contribution is 2.24. The van der Waals surface area contributed by atoms with E-state index in [-0.39, 0.29) is 16.2 Å². The number of anilines is 2. The predicted octanol–water partition coefficient (Wildman–Crippen LogP) is 3.47. The molecule has 0 bridgehead atoms. The topological polar surface area (TPSA) is 85.9 Å². The van der Waals surface area contributed by atoms with Crippen molar-refractivity contribution in [1.29, 1.82) is 0 Å². The van der Waals surface area contributed by atoms with E-state index in [1.54, 1.807) is 0 Å². The molecule has 2 rings (SSSR count). The Morgan fingerprint density at radius 1 is 0.963 bits per heavy atom. The van der Waals surface area contributed by atoms with Gasteiger partial charge >= 0.3 is 11.9 Å². The second kappa shape index (κ2) is 9.54. The number of nitrogens with one attached hydrogen (secondary N) is 2. The Morgan fingerprint density at radius 2 is 1.56 bits per heavy atom. The maximum Gasteiger partial charge on any atom is 0.337 e. The second-order valence-corrected chi connectivity index (χ2v) is 5.70. The molecule has 2 N–H and O–H groups in total. The Bertz CT molecular complexity index is 819. The molecule has 0 amide bonds. The molecular formula is C19H20N2O5S. The number of benzene rings is 2. The van der Waals surface area contributed by atoms with Crippen LogP contribution >= 0.6 is 12.2 Å². The van der Waals surface area contributed by atoms with Gasteiger partial charge in [0.25, 0.3) is 0 Å². The highest BCUT2D eigenvalue weighted by molar-refractivity contribution is 7.80. The summed E-state index contributed by atoms with van der Waals surface area (Å²) in [6.07, 6.45) is 0. The molecule has 2 aromatic rings. The normalized spacial score (nSPS) is 9.89. The molecule has 0 spiro atoms. The molecule has 0 saturated carbocycles. The van der Waals surface area contributed by atoms with Crippen LogP contribution in [0.3, 0.4) is 0 Å². The number of para-hydroxylation sites is 2. The molecule has 8 heteroatoms. The summed E-state index contributed by atoms with van der Waals surface area (Å²) >= 11 is 5.33. The van der Waals surface area contributed by atoms with Crippen molar-refractivity contribution in [2.24, 2.45) is 0 Å². The standard InChI is InChI=1S/C19H20N2O5S/c1-4-26-16-8-6-5-7-15(16)21-19(27)20-14-10-12(17(22)24-2)9-13(11-14)18(23)25-3/h5-11H,4H2,1-3H3,(H2,20,21,27). The van der Waals surface area contributed by atoms with Crippen LogP contribution in [0.5, 0.6) is 5.75 Å². The predicted molar refractivity (Wildman–Crippen MR) is 107 cm³/mol. The maximum absolute atomic E-state index is 11.9. The minimum atomic E-state index is -0.579. The Kier molecular flexibility index (Phi) is 7.13. The van der Waals surface area contributed by atoms with E-state index in [4.69, 9.17) is 26.4 Å². The molecular weight excluding hydrogens is 368 g/mol. The third-order valence-electron chi connectivity index (χ3n) is 3.47. The summed E-state index contributed by atoms with van der Waals surface area (Å²) in [6.45, 7) is 2.41. The molecule has 0 aliphatic rings. The van der Waals surface area contributed by atoms with Gasteiger partial charge in [0.1, 0.15) is 5.75 Å². The first kappa shape index (κ1) is 20.2. The molecule has 0 heterocycles. The van der Waals surface area contributed by atoms with Crippen molar-refractivity contribution in [1.82, 2.24) is 0 Å². The third kappa shape index (κ3) is 5.42. The summed E-state index contributed by atoms with van der Waals surface area (Å²) in [4.78, 5) is 23.7. The Hall–Kier alpha value is -3.13. The molecule has 7 nitrogen and oxygen atoms in total. The van der Waals surface area contributed by atoms with Gasteiger partial charge in [-0.3, -0.25) is 0 Å². The molecule has 0 saturated heterocycles. The van der Waals surface area contributed by atoms with Crippen LogP contribution in [-0.2, 0) is 9.47 Å². The fourth-order valence-electron chi connectivity index (χ4n) is 2.31. The zero-order chi connectivity index (χ0) is 19.8. The summed E-state index contributed by atoms with van der Waals surface area (Å²) in [5.74, 6) is -0.503. The van der Waals surface area contributed by atoms with Crippen LogP contribution in [0.15, 0.2) is 42.5 Å². The van der Waals surface area contributed by atoms with Crippen molar-refractivity contribution < 1.29 is 23.8 Å². The van der Waals surface area contributed by atoms with Crippen LogP contribution in [-0.4, -0.2) is 37.9 Å². The lowest BCUT2D eigenvalue weighted by molar-refractivity contribution is 0.0599. The monoisotopic (exact) mass is 388 g/mol. The van der Waals surface area contributed by atoms with E-state index < -0.39 is 11.9 Å². The lowest BCUT2D eigenvalue weighted by atomic mass is 10.1. The van der Waals surface area contributed by atoms with Crippen molar-refractivity contribution in [2.75, 3.05) is 31.5 Å². The van der Waals surface area contributed by atoms with Gasteiger partial charge in [0.15, 0.2) is 5.11 Å². The van der Waals surface area contributed by atoms with Gasteiger partial charge < -0.3 is 24.8 Å². The minimum absolute atomic E-state index is 0.195.